The Morgan fingerprint density at radius 1 is 1.14 bits per heavy atom. The number of rotatable bonds is 6. The van der Waals surface area contributed by atoms with Gasteiger partial charge in [0.2, 0.25) is 0 Å². The number of carbonyl (C=O) groups is 1. The second-order valence-electron chi connectivity index (χ2n) is 6.24. The van der Waals surface area contributed by atoms with Gasteiger partial charge in [0.15, 0.2) is 14.6 Å². The quantitative estimate of drug-likeness (QED) is 0.616. The van der Waals surface area contributed by atoms with Gasteiger partial charge in [0, 0.05) is 7.05 Å². The Hall–Kier alpha value is -2.45. The van der Waals surface area contributed by atoms with Crippen molar-refractivity contribution in [1.29, 1.82) is 0 Å². The van der Waals surface area contributed by atoms with Gasteiger partial charge in [0.05, 0.1) is 33.9 Å². The molecule has 0 N–H and O–H groups in total. The number of aromatic nitrogens is 1. The largest absolute Gasteiger partial charge is 0.494 e. The molecule has 0 spiro atoms. The molecule has 6 nitrogen and oxygen atoms in total. The summed E-state index contributed by atoms with van der Waals surface area (Å²) in [5, 5.41) is 0. The summed E-state index contributed by atoms with van der Waals surface area (Å²) in [6.45, 7) is 4.13. The van der Waals surface area contributed by atoms with E-state index in [0.29, 0.717) is 11.4 Å². The fourth-order valence-electron chi connectivity index (χ4n) is 2.78. The predicted octanol–water partition coefficient (Wildman–Crippen LogP) is 3.10. The average molecular weight is 419 g/mol. The van der Waals surface area contributed by atoms with Crippen molar-refractivity contribution < 1.29 is 17.9 Å². The molecule has 0 fully saturated rings. The standard InChI is InChI=1S/C20H22N2O4S2/c1-4-26-15-8-11-17-18(13-15)27-20(22(17)3)21-19(23)12-14-6-9-16(10-7-14)28(24,25)5-2/h6-11,13H,4-5,12H2,1-3H3. The molecule has 1 amide bonds. The van der Waals surface area contributed by atoms with E-state index in [-0.39, 0.29) is 23.0 Å². The molecule has 1 aromatic heterocycles. The highest BCUT2D eigenvalue weighted by Crippen LogP contribution is 2.22. The van der Waals surface area contributed by atoms with Crippen molar-refractivity contribution in [1.82, 2.24) is 4.57 Å². The maximum absolute atomic E-state index is 12.4. The van der Waals surface area contributed by atoms with E-state index in [1.54, 1.807) is 19.1 Å². The second-order valence-corrected chi connectivity index (χ2v) is 9.52. The molecule has 0 atom stereocenters. The van der Waals surface area contributed by atoms with Gasteiger partial charge in [0.1, 0.15) is 5.75 Å². The van der Waals surface area contributed by atoms with Crippen LogP contribution < -0.4 is 9.54 Å². The average Bonchev–Trinajstić information content (AvgIpc) is 2.97. The Morgan fingerprint density at radius 2 is 1.86 bits per heavy atom. The zero-order valence-corrected chi connectivity index (χ0v) is 17.6. The number of aryl methyl sites for hydroxylation is 1. The number of amides is 1. The highest BCUT2D eigenvalue weighted by molar-refractivity contribution is 7.91. The molecule has 3 aromatic rings. The topological polar surface area (TPSA) is 77.7 Å². The number of carbonyl (C=O) groups excluding carboxylic acids is 1. The van der Waals surface area contributed by atoms with Crippen LogP contribution in [0, 0.1) is 0 Å². The van der Waals surface area contributed by atoms with Crippen molar-refractivity contribution in [3.63, 3.8) is 0 Å². The Kier molecular flexibility index (Phi) is 6.00. The summed E-state index contributed by atoms with van der Waals surface area (Å²) < 4.78 is 32.1. The molecule has 0 radical (unpaired) electrons. The van der Waals surface area contributed by atoms with Crippen LogP contribution >= 0.6 is 11.3 Å². The molecule has 0 unspecified atom stereocenters. The summed E-state index contributed by atoms with van der Waals surface area (Å²) in [7, 11) is -1.37. The number of thiazole rings is 1. The molecule has 2 aromatic carbocycles. The number of hydrogen-bond acceptors (Lipinski definition) is 5. The third-order valence-electron chi connectivity index (χ3n) is 4.33. The van der Waals surface area contributed by atoms with E-state index in [1.807, 2.05) is 36.7 Å². The maximum atomic E-state index is 12.4. The van der Waals surface area contributed by atoms with Crippen LogP contribution in [0.3, 0.4) is 0 Å². The summed E-state index contributed by atoms with van der Waals surface area (Å²) in [5.74, 6) is 0.559. The Bertz CT molecular complexity index is 1170. The fraction of sp³-hybridized carbons (Fsp3) is 0.300. The first-order chi connectivity index (χ1) is 13.3. The number of fused-ring (bicyclic) bond motifs is 1. The van der Waals surface area contributed by atoms with Gasteiger partial charge in [-0.2, -0.15) is 4.99 Å². The molecule has 0 saturated carbocycles. The van der Waals surface area contributed by atoms with Crippen molar-refractivity contribution in [3.05, 3.63) is 52.8 Å². The van der Waals surface area contributed by atoms with Crippen LogP contribution in [0.1, 0.15) is 19.4 Å². The maximum Gasteiger partial charge on any atom is 0.252 e. The smallest absolute Gasteiger partial charge is 0.252 e. The summed E-state index contributed by atoms with van der Waals surface area (Å²) in [5.41, 5.74) is 1.71. The van der Waals surface area contributed by atoms with Crippen LogP contribution in [0.25, 0.3) is 10.2 Å². The van der Waals surface area contributed by atoms with Gasteiger partial charge in [-0.15, -0.1) is 0 Å². The molecule has 0 saturated heterocycles. The number of sulfone groups is 1. The second kappa shape index (κ2) is 8.28. The minimum absolute atomic E-state index is 0.0497. The molecule has 3 rings (SSSR count). The van der Waals surface area contributed by atoms with E-state index < -0.39 is 9.84 Å². The van der Waals surface area contributed by atoms with Gasteiger partial charge < -0.3 is 9.30 Å². The van der Waals surface area contributed by atoms with Crippen molar-refractivity contribution in [2.75, 3.05) is 12.4 Å². The monoisotopic (exact) mass is 418 g/mol. The van der Waals surface area contributed by atoms with Crippen molar-refractivity contribution >= 4 is 37.3 Å². The summed E-state index contributed by atoms with van der Waals surface area (Å²) >= 11 is 1.43. The van der Waals surface area contributed by atoms with Gasteiger partial charge in [-0.25, -0.2) is 8.42 Å². The summed E-state index contributed by atoms with van der Waals surface area (Å²) in [4.78, 5) is 17.5. The molecule has 0 aliphatic heterocycles. The van der Waals surface area contributed by atoms with Crippen molar-refractivity contribution in [2.45, 2.75) is 25.2 Å². The first kappa shape index (κ1) is 20.3. The number of nitrogens with zero attached hydrogens (tertiary/aromatic N) is 2. The highest BCUT2D eigenvalue weighted by atomic mass is 32.2. The van der Waals surface area contributed by atoms with Gasteiger partial charge in [-0.1, -0.05) is 30.4 Å². The number of benzene rings is 2. The molecule has 1 heterocycles. The van der Waals surface area contributed by atoms with E-state index >= 15 is 0 Å². The van der Waals surface area contributed by atoms with Crippen LogP contribution in [-0.4, -0.2) is 31.3 Å². The predicted molar refractivity (Wildman–Crippen MR) is 110 cm³/mol. The van der Waals surface area contributed by atoms with E-state index in [9.17, 15) is 13.2 Å². The fourth-order valence-corrected chi connectivity index (χ4v) is 4.73. The highest BCUT2D eigenvalue weighted by Gasteiger charge is 2.12. The summed E-state index contributed by atoms with van der Waals surface area (Å²) in [6.07, 6.45) is 0.116. The van der Waals surface area contributed by atoms with Gasteiger partial charge in [-0.05, 0) is 42.8 Å². The van der Waals surface area contributed by atoms with Crippen LogP contribution in [0.5, 0.6) is 5.75 Å². The molecule has 0 aliphatic rings. The lowest BCUT2D eigenvalue weighted by molar-refractivity contribution is -0.117. The molecule has 0 bridgehead atoms. The molecule has 148 valence electrons. The van der Waals surface area contributed by atoms with Crippen LogP contribution in [0.15, 0.2) is 52.4 Å². The van der Waals surface area contributed by atoms with Crippen LogP contribution in [0.2, 0.25) is 0 Å². The Balaban J connectivity index is 1.83. The molecule has 8 heteroatoms. The van der Waals surface area contributed by atoms with E-state index in [0.717, 1.165) is 21.5 Å². The van der Waals surface area contributed by atoms with E-state index in [4.69, 9.17) is 4.74 Å². The first-order valence-electron chi connectivity index (χ1n) is 8.95. The minimum Gasteiger partial charge on any atom is -0.494 e. The van der Waals surface area contributed by atoms with Crippen LogP contribution in [0.4, 0.5) is 0 Å². The zero-order valence-electron chi connectivity index (χ0n) is 16.0. The zero-order chi connectivity index (χ0) is 20.3. The molecule has 28 heavy (non-hydrogen) atoms. The third-order valence-corrected chi connectivity index (χ3v) is 7.18. The van der Waals surface area contributed by atoms with E-state index in [2.05, 4.69) is 4.99 Å². The van der Waals surface area contributed by atoms with Crippen LogP contribution in [-0.2, 0) is 28.1 Å². The van der Waals surface area contributed by atoms with Gasteiger partial charge in [0.25, 0.3) is 5.91 Å². The minimum atomic E-state index is -3.24. The molecule has 0 aliphatic carbocycles. The lowest BCUT2D eigenvalue weighted by Gasteiger charge is -2.03. The number of hydrogen-bond donors (Lipinski definition) is 0. The SMILES string of the molecule is CCOc1ccc2c(c1)sc(=NC(=O)Cc1ccc(S(=O)(=O)CC)cc1)n2C. The normalized spacial score (nSPS) is 12.5. The molecular weight excluding hydrogens is 396 g/mol. The van der Waals surface area contributed by atoms with Gasteiger partial charge in [-0.3, -0.25) is 4.79 Å². The van der Waals surface area contributed by atoms with E-state index in [1.165, 1.54) is 23.5 Å². The van der Waals surface area contributed by atoms with Crippen molar-refractivity contribution in [3.8, 4) is 5.75 Å². The Morgan fingerprint density at radius 3 is 2.50 bits per heavy atom. The van der Waals surface area contributed by atoms with Crippen molar-refractivity contribution in [2.24, 2.45) is 12.0 Å². The lowest BCUT2D eigenvalue weighted by Crippen LogP contribution is -2.14. The third kappa shape index (κ3) is 4.34. The summed E-state index contributed by atoms with van der Waals surface area (Å²) in [6, 6.07) is 12.2. The first-order valence-corrected chi connectivity index (χ1v) is 11.4. The Labute approximate surface area is 168 Å². The number of ether oxygens (including phenoxy) is 1. The van der Waals surface area contributed by atoms with Gasteiger partial charge >= 0.3 is 0 Å². The lowest BCUT2D eigenvalue weighted by atomic mass is 10.1. The molecular formula is C20H22N2O4S2.